The maximum absolute atomic E-state index is 12.6. The number of nitrogens with zero attached hydrogens (tertiary/aromatic N) is 2. The van der Waals surface area contributed by atoms with Gasteiger partial charge in [0.1, 0.15) is 12.4 Å². The molecular formula is C26H23N3O4. The van der Waals surface area contributed by atoms with Crippen LogP contribution >= 0.6 is 0 Å². The van der Waals surface area contributed by atoms with Crippen molar-refractivity contribution in [3.05, 3.63) is 112 Å². The van der Waals surface area contributed by atoms with Crippen molar-refractivity contribution in [2.24, 2.45) is 0 Å². The Morgan fingerprint density at radius 3 is 2.36 bits per heavy atom. The molecule has 1 N–H and O–H groups in total. The van der Waals surface area contributed by atoms with Crippen LogP contribution in [0.3, 0.4) is 0 Å². The molecule has 7 nitrogen and oxygen atoms in total. The highest BCUT2D eigenvalue weighted by Crippen LogP contribution is 2.17. The Kier molecular flexibility index (Phi) is 6.50. The average molecular weight is 441 g/mol. The average Bonchev–Trinajstić information content (AvgIpc) is 2.85. The van der Waals surface area contributed by atoms with E-state index in [1.807, 2.05) is 55.5 Å². The van der Waals surface area contributed by atoms with Gasteiger partial charge in [-0.05, 0) is 60.5 Å². The molecule has 4 aromatic rings. The summed E-state index contributed by atoms with van der Waals surface area (Å²) in [6.07, 6.45) is 0. The van der Waals surface area contributed by atoms with Gasteiger partial charge in [-0.2, -0.15) is 4.68 Å². The molecule has 0 fully saturated rings. The van der Waals surface area contributed by atoms with Gasteiger partial charge in [0.15, 0.2) is 0 Å². The first-order chi connectivity index (χ1) is 16.0. The third kappa shape index (κ3) is 5.27. The summed E-state index contributed by atoms with van der Waals surface area (Å²) in [7, 11) is 1.61. The summed E-state index contributed by atoms with van der Waals surface area (Å²) in [4.78, 5) is 24.9. The predicted molar refractivity (Wildman–Crippen MR) is 126 cm³/mol. The van der Waals surface area contributed by atoms with Crippen molar-refractivity contribution in [2.75, 3.05) is 12.4 Å². The Balaban J connectivity index is 1.47. The van der Waals surface area contributed by atoms with Crippen molar-refractivity contribution < 1.29 is 14.3 Å². The quantitative estimate of drug-likeness (QED) is 0.460. The van der Waals surface area contributed by atoms with Gasteiger partial charge in [-0.1, -0.05) is 30.3 Å². The normalized spacial score (nSPS) is 10.5. The highest BCUT2D eigenvalue weighted by Gasteiger charge is 2.10. The molecule has 0 aliphatic carbocycles. The molecule has 0 radical (unpaired) electrons. The van der Waals surface area contributed by atoms with Crippen LogP contribution in [0.25, 0.3) is 5.69 Å². The summed E-state index contributed by atoms with van der Waals surface area (Å²) in [6.45, 7) is 2.23. The Morgan fingerprint density at radius 1 is 0.939 bits per heavy atom. The van der Waals surface area contributed by atoms with E-state index in [2.05, 4.69) is 10.4 Å². The van der Waals surface area contributed by atoms with Crippen LogP contribution in [0, 0.1) is 6.92 Å². The molecule has 166 valence electrons. The number of para-hydroxylation sites is 1. The van der Waals surface area contributed by atoms with Gasteiger partial charge < -0.3 is 14.8 Å². The van der Waals surface area contributed by atoms with Crippen molar-refractivity contribution in [3.8, 4) is 17.3 Å². The van der Waals surface area contributed by atoms with Gasteiger partial charge in [-0.3, -0.25) is 9.59 Å². The Bertz CT molecular complexity index is 1310. The molecule has 0 saturated heterocycles. The smallest absolute Gasteiger partial charge is 0.271 e. The van der Waals surface area contributed by atoms with E-state index in [0.29, 0.717) is 23.7 Å². The van der Waals surface area contributed by atoms with Gasteiger partial charge in [0.05, 0.1) is 12.8 Å². The monoisotopic (exact) mass is 441 g/mol. The lowest BCUT2D eigenvalue weighted by Gasteiger charge is -2.10. The minimum atomic E-state index is -0.302. The molecule has 1 amide bonds. The van der Waals surface area contributed by atoms with Crippen LogP contribution in [0.15, 0.2) is 89.7 Å². The standard InChI is InChI=1S/C26H23N3O4/c1-18-5-3-4-6-23(18)27-26(31)20-9-11-21(12-10-20)29-25(30)16-15-24(28-29)33-17-19-7-13-22(32-2)14-8-19/h3-16H,17H2,1-2H3,(H,27,31). The summed E-state index contributed by atoms with van der Waals surface area (Å²) in [5, 5.41) is 7.20. The number of anilines is 1. The number of methoxy groups -OCH3 is 1. The minimum Gasteiger partial charge on any atom is -0.497 e. The van der Waals surface area contributed by atoms with Crippen LogP contribution in [0.5, 0.6) is 11.6 Å². The molecule has 0 atom stereocenters. The van der Waals surface area contributed by atoms with Gasteiger partial charge in [0.25, 0.3) is 11.5 Å². The summed E-state index contributed by atoms with van der Waals surface area (Å²) >= 11 is 0. The number of rotatable bonds is 7. The molecule has 0 bridgehead atoms. The summed E-state index contributed by atoms with van der Waals surface area (Å²) < 4.78 is 12.1. The fourth-order valence-electron chi connectivity index (χ4n) is 3.20. The molecule has 0 aliphatic rings. The lowest BCUT2D eigenvalue weighted by Crippen LogP contribution is -2.20. The van der Waals surface area contributed by atoms with Gasteiger partial charge in [-0.25, -0.2) is 0 Å². The van der Waals surface area contributed by atoms with E-state index in [0.717, 1.165) is 22.6 Å². The molecular weight excluding hydrogens is 418 g/mol. The van der Waals surface area contributed by atoms with Gasteiger partial charge in [0.2, 0.25) is 5.88 Å². The van der Waals surface area contributed by atoms with Crippen LogP contribution < -0.4 is 20.3 Å². The highest BCUT2D eigenvalue weighted by molar-refractivity contribution is 6.04. The number of carbonyl (C=O) groups is 1. The lowest BCUT2D eigenvalue weighted by molar-refractivity contribution is 0.102. The van der Waals surface area contributed by atoms with Crippen LogP contribution in [-0.4, -0.2) is 22.8 Å². The minimum absolute atomic E-state index is 0.229. The summed E-state index contributed by atoms with van der Waals surface area (Å²) in [6, 6.07) is 24.7. The fraction of sp³-hybridized carbons (Fsp3) is 0.115. The van der Waals surface area contributed by atoms with Crippen LogP contribution in [0.4, 0.5) is 5.69 Å². The van der Waals surface area contributed by atoms with E-state index in [-0.39, 0.29) is 11.5 Å². The van der Waals surface area contributed by atoms with Crippen molar-refractivity contribution in [1.29, 1.82) is 0 Å². The molecule has 0 spiro atoms. The Labute approximate surface area is 191 Å². The number of ether oxygens (including phenoxy) is 2. The van der Waals surface area contributed by atoms with Gasteiger partial charge in [0, 0.05) is 23.4 Å². The third-order valence-corrected chi connectivity index (χ3v) is 5.09. The zero-order chi connectivity index (χ0) is 23.2. The molecule has 1 aromatic heterocycles. The summed E-state index contributed by atoms with van der Waals surface area (Å²) in [5.74, 6) is 0.848. The number of aromatic nitrogens is 2. The zero-order valence-electron chi connectivity index (χ0n) is 18.3. The van der Waals surface area contributed by atoms with Crippen molar-refractivity contribution in [3.63, 3.8) is 0 Å². The molecule has 0 unspecified atom stereocenters. The molecule has 0 aliphatic heterocycles. The van der Waals surface area contributed by atoms with Crippen molar-refractivity contribution in [1.82, 2.24) is 9.78 Å². The SMILES string of the molecule is COc1ccc(COc2ccc(=O)n(-c3ccc(C(=O)Nc4ccccc4C)cc3)n2)cc1. The van der Waals surface area contributed by atoms with Crippen LogP contribution in [-0.2, 0) is 6.61 Å². The maximum Gasteiger partial charge on any atom is 0.271 e. The lowest BCUT2D eigenvalue weighted by atomic mass is 10.1. The van der Waals surface area contributed by atoms with Crippen LogP contribution in [0.2, 0.25) is 0 Å². The topological polar surface area (TPSA) is 82.5 Å². The third-order valence-electron chi connectivity index (χ3n) is 5.09. The van der Waals surface area contributed by atoms with E-state index >= 15 is 0 Å². The molecule has 3 aromatic carbocycles. The highest BCUT2D eigenvalue weighted by atomic mass is 16.5. The van der Waals surface area contributed by atoms with Crippen LogP contribution in [0.1, 0.15) is 21.5 Å². The number of hydrogen-bond acceptors (Lipinski definition) is 5. The van der Waals surface area contributed by atoms with E-state index in [4.69, 9.17) is 9.47 Å². The second kappa shape index (κ2) is 9.82. The first kappa shape index (κ1) is 21.8. The number of amides is 1. The molecule has 4 rings (SSSR count). The Morgan fingerprint density at radius 2 is 1.67 bits per heavy atom. The second-order valence-corrected chi connectivity index (χ2v) is 7.37. The summed E-state index contributed by atoms with van der Waals surface area (Å²) in [5.41, 5.74) is 3.38. The number of carbonyl (C=O) groups excluding carboxylic acids is 1. The molecule has 0 saturated carbocycles. The van der Waals surface area contributed by atoms with Crippen molar-refractivity contribution >= 4 is 11.6 Å². The van der Waals surface area contributed by atoms with E-state index < -0.39 is 0 Å². The Hall–Kier alpha value is -4.39. The van der Waals surface area contributed by atoms with E-state index in [1.165, 1.54) is 16.8 Å². The van der Waals surface area contributed by atoms with E-state index in [1.54, 1.807) is 31.4 Å². The van der Waals surface area contributed by atoms with Crippen molar-refractivity contribution in [2.45, 2.75) is 13.5 Å². The maximum atomic E-state index is 12.6. The van der Waals surface area contributed by atoms with E-state index in [9.17, 15) is 9.59 Å². The number of nitrogens with one attached hydrogen (secondary N) is 1. The predicted octanol–water partition coefficient (Wildman–Crippen LogP) is 4.38. The molecule has 33 heavy (non-hydrogen) atoms. The second-order valence-electron chi connectivity index (χ2n) is 7.37. The van der Waals surface area contributed by atoms with Gasteiger partial charge in [-0.15, -0.1) is 5.10 Å². The van der Waals surface area contributed by atoms with Gasteiger partial charge >= 0.3 is 0 Å². The molecule has 7 heteroatoms. The fourth-order valence-corrected chi connectivity index (χ4v) is 3.20. The number of aryl methyl sites for hydroxylation is 1. The largest absolute Gasteiger partial charge is 0.497 e. The number of hydrogen-bond donors (Lipinski definition) is 1. The first-order valence-corrected chi connectivity index (χ1v) is 10.4. The molecule has 1 heterocycles. The number of benzene rings is 3. The zero-order valence-corrected chi connectivity index (χ0v) is 18.3. The first-order valence-electron chi connectivity index (χ1n) is 10.4.